The second-order valence-corrected chi connectivity index (χ2v) is 7.26. The quantitative estimate of drug-likeness (QED) is 0.436. The minimum Gasteiger partial charge on any atom is -0.467 e. The lowest BCUT2D eigenvalue weighted by molar-refractivity contribution is -0.148. The van der Waals surface area contributed by atoms with Gasteiger partial charge in [-0.3, -0.25) is 0 Å². The first-order valence-electron chi connectivity index (χ1n) is 9.33. The number of alkyl carbamates (subject to hydrolysis) is 1. The van der Waals surface area contributed by atoms with Crippen molar-refractivity contribution in [3.63, 3.8) is 0 Å². The molecular weight excluding hydrogens is 423 g/mol. The molecule has 6 nitrogen and oxygen atoms in total. The number of esters is 1. The zero-order chi connectivity index (χ0) is 22.4. The Bertz CT molecular complexity index is 1080. The fourth-order valence-electron chi connectivity index (χ4n) is 2.96. The normalized spacial score (nSPS) is 12.5. The second kappa shape index (κ2) is 9.57. The van der Waals surface area contributed by atoms with Gasteiger partial charge in [-0.05, 0) is 54.4 Å². The average molecular weight is 443 g/mol. The number of ether oxygens (including phenoxy) is 2. The molecule has 0 aliphatic heterocycles. The fourth-order valence-corrected chi connectivity index (χ4v) is 3.17. The Labute approximate surface area is 184 Å². The molecule has 0 bridgehead atoms. The topological polar surface area (TPSA) is 77.5 Å². The van der Waals surface area contributed by atoms with Crippen LogP contribution < -0.4 is 5.32 Å². The highest BCUT2D eigenvalue weighted by molar-refractivity contribution is 6.29. The smallest absolute Gasteiger partial charge is 0.408 e. The number of nitrogens with zero attached hydrogens (tertiary/aromatic N) is 1. The van der Waals surface area contributed by atoms with Crippen molar-refractivity contribution in [2.24, 2.45) is 0 Å². The molecule has 160 valence electrons. The summed E-state index contributed by atoms with van der Waals surface area (Å²) in [6.07, 6.45) is -0.812. The number of amides is 1. The molecule has 8 heteroatoms. The summed E-state index contributed by atoms with van der Waals surface area (Å²) in [5.41, 5.74) is 0.503. The molecule has 0 spiro atoms. The van der Waals surface area contributed by atoms with E-state index in [0.717, 1.165) is 5.56 Å². The number of methoxy groups -OCH3 is 1. The van der Waals surface area contributed by atoms with Crippen LogP contribution in [-0.2, 0) is 26.4 Å². The van der Waals surface area contributed by atoms with E-state index in [4.69, 9.17) is 21.1 Å². The van der Waals surface area contributed by atoms with E-state index in [1.807, 2.05) is 30.3 Å². The van der Waals surface area contributed by atoms with Crippen LogP contribution in [0, 0.1) is 5.82 Å². The lowest BCUT2D eigenvalue weighted by Crippen LogP contribution is -2.50. The Kier molecular flexibility index (Phi) is 6.87. The minimum absolute atomic E-state index is 0.0296. The van der Waals surface area contributed by atoms with Crippen molar-refractivity contribution in [1.82, 2.24) is 10.3 Å². The number of hydrogen-bond acceptors (Lipinski definition) is 5. The van der Waals surface area contributed by atoms with Crippen molar-refractivity contribution < 1.29 is 23.5 Å². The predicted octanol–water partition coefficient (Wildman–Crippen LogP) is 4.86. The number of hydrogen-bond donors (Lipinski definition) is 1. The summed E-state index contributed by atoms with van der Waals surface area (Å²) in [5.74, 6) is -1.12. The van der Waals surface area contributed by atoms with E-state index in [2.05, 4.69) is 10.3 Å². The average Bonchev–Trinajstić information content (AvgIpc) is 2.77. The molecule has 1 amide bonds. The third-order valence-electron chi connectivity index (χ3n) is 4.67. The molecule has 1 atom stereocenters. The van der Waals surface area contributed by atoms with Crippen LogP contribution in [0.4, 0.5) is 9.18 Å². The molecule has 0 radical (unpaired) electrons. The monoisotopic (exact) mass is 442 g/mol. The molecule has 2 aromatic carbocycles. The van der Waals surface area contributed by atoms with E-state index in [0.29, 0.717) is 16.8 Å². The first-order valence-corrected chi connectivity index (χ1v) is 9.71. The number of aromatic nitrogens is 1. The van der Waals surface area contributed by atoms with Gasteiger partial charge in [0.25, 0.3) is 0 Å². The summed E-state index contributed by atoms with van der Waals surface area (Å²) < 4.78 is 23.4. The highest BCUT2D eigenvalue weighted by Gasteiger charge is 2.39. The van der Waals surface area contributed by atoms with Crippen molar-refractivity contribution in [1.29, 1.82) is 0 Å². The standard InChI is InChI=1S/C23H20ClFN2O4/c1-23(21(28)30-2,27-22(29)31-14-15-6-4-3-5-7-15)17-12-19(26-20(24)13-17)16-8-10-18(25)11-9-16/h3-13H,14H2,1-2H3,(H,27,29). The van der Waals surface area contributed by atoms with Crippen LogP contribution in [0.1, 0.15) is 18.1 Å². The van der Waals surface area contributed by atoms with Crippen molar-refractivity contribution in [3.8, 4) is 11.3 Å². The largest absolute Gasteiger partial charge is 0.467 e. The highest BCUT2D eigenvalue weighted by atomic mass is 35.5. The van der Waals surface area contributed by atoms with Crippen LogP contribution in [-0.4, -0.2) is 24.2 Å². The fraction of sp³-hybridized carbons (Fsp3) is 0.174. The number of benzene rings is 2. The van der Waals surface area contributed by atoms with Crippen molar-refractivity contribution in [2.45, 2.75) is 19.1 Å². The Hall–Kier alpha value is -3.45. The Balaban J connectivity index is 1.89. The number of nitrogens with one attached hydrogen (secondary N) is 1. The molecule has 1 heterocycles. The molecule has 0 aliphatic rings. The van der Waals surface area contributed by atoms with E-state index in [1.54, 1.807) is 6.07 Å². The molecule has 0 fully saturated rings. The van der Waals surface area contributed by atoms with Gasteiger partial charge in [0.2, 0.25) is 0 Å². The molecular formula is C23H20ClFN2O4. The van der Waals surface area contributed by atoms with Crippen LogP contribution in [0.15, 0.2) is 66.7 Å². The summed E-state index contributed by atoms with van der Waals surface area (Å²) in [7, 11) is 1.21. The van der Waals surface area contributed by atoms with Gasteiger partial charge in [0.05, 0.1) is 12.8 Å². The Morgan fingerprint density at radius 2 is 1.77 bits per heavy atom. The SMILES string of the molecule is COC(=O)C(C)(NC(=O)OCc1ccccc1)c1cc(Cl)nc(-c2ccc(F)cc2)c1. The summed E-state index contributed by atoms with van der Waals surface area (Å²) in [4.78, 5) is 29.3. The van der Waals surface area contributed by atoms with Gasteiger partial charge in [0.1, 0.15) is 17.6 Å². The zero-order valence-corrected chi connectivity index (χ0v) is 17.7. The third-order valence-corrected chi connectivity index (χ3v) is 4.86. The van der Waals surface area contributed by atoms with Crippen LogP contribution >= 0.6 is 11.6 Å². The van der Waals surface area contributed by atoms with E-state index >= 15 is 0 Å². The van der Waals surface area contributed by atoms with Gasteiger partial charge in [0, 0.05) is 5.56 Å². The summed E-state index contributed by atoms with van der Waals surface area (Å²) >= 11 is 6.18. The van der Waals surface area contributed by atoms with Gasteiger partial charge in [-0.15, -0.1) is 0 Å². The number of halogens is 2. The van der Waals surface area contributed by atoms with Gasteiger partial charge in [-0.1, -0.05) is 41.9 Å². The van der Waals surface area contributed by atoms with Crippen LogP contribution in [0.2, 0.25) is 5.15 Å². The van der Waals surface area contributed by atoms with Crippen molar-refractivity contribution >= 4 is 23.7 Å². The van der Waals surface area contributed by atoms with Crippen molar-refractivity contribution in [3.05, 3.63) is 88.8 Å². The Morgan fingerprint density at radius 3 is 2.42 bits per heavy atom. The van der Waals surface area contributed by atoms with E-state index in [1.165, 1.54) is 44.4 Å². The first-order chi connectivity index (χ1) is 14.8. The maximum atomic E-state index is 13.3. The van der Waals surface area contributed by atoms with E-state index in [9.17, 15) is 14.0 Å². The number of pyridine rings is 1. The first kappa shape index (κ1) is 22.2. The maximum Gasteiger partial charge on any atom is 0.408 e. The summed E-state index contributed by atoms with van der Waals surface area (Å²) in [5, 5.41) is 2.65. The molecule has 1 N–H and O–H groups in total. The Morgan fingerprint density at radius 1 is 1.10 bits per heavy atom. The summed E-state index contributed by atoms with van der Waals surface area (Å²) in [6.45, 7) is 1.50. The molecule has 3 aromatic rings. The summed E-state index contributed by atoms with van der Waals surface area (Å²) in [6, 6.07) is 17.8. The maximum absolute atomic E-state index is 13.3. The number of rotatable bonds is 6. The van der Waals surface area contributed by atoms with E-state index < -0.39 is 23.4 Å². The van der Waals surface area contributed by atoms with Crippen LogP contribution in [0.25, 0.3) is 11.3 Å². The zero-order valence-electron chi connectivity index (χ0n) is 16.9. The lowest BCUT2D eigenvalue weighted by Gasteiger charge is -2.28. The van der Waals surface area contributed by atoms with Crippen LogP contribution in [0.5, 0.6) is 0 Å². The third kappa shape index (κ3) is 5.38. The lowest BCUT2D eigenvalue weighted by atomic mass is 9.91. The van der Waals surface area contributed by atoms with Gasteiger partial charge >= 0.3 is 12.1 Å². The van der Waals surface area contributed by atoms with Gasteiger partial charge in [-0.25, -0.2) is 19.0 Å². The molecule has 0 saturated heterocycles. The predicted molar refractivity (Wildman–Crippen MR) is 114 cm³/mol. The molecule has 1 aromatic heterocycles. The molecule has 0 aliphatic carbocycles. The highest BCUT2D eigenvalue weighted by Crippen LogP contribution is 2.29. The molecule has 1 unspecified atom stereocenters. The molecule has 3 rings (SSSR count). The van der Waals surface area contributed by atoms with Crippen LogP contribution in [0.3, 0.4) is 0 Å². The number of carbonyl (C=O) groups excluding carboxylic acids is 2. The van der Waals surface area contributed by atoms with Crippen molar-refractivity contribution in [2.75, 3.05) is 7.11 Å². The molecule has 0 saturated carbocycles. The van der Waals surface area contributed by atoms with Gasteiger partial charge in [-0.2, -0.15) is 0 Å². The van der Waals surface area contributed by atoms with Gasteiger partial charge < -0.3 is 14.8 Å². The second-order valence-electron chi connectivity index (χ2n) is 6.87. The minimum atomic E-state index is -1.61. The van der Waals surface area contributed by atoms with E-state index in [-0.39, 0.29) is 11.8 Å². The number of carbonyl (C=O) groups is 2. The molecule has 31 heavy (non-hydrogen) atoms. The van der Waals surface area contributed by atoms with Gasteiger partial charge in [0.15, 0.2) is 5.54 Å².